The van der Waals surface area contributed by atoms with Gasteiger partial charge in [-0.2, -0.15) is 0 Å². The zero-order valence-corrected chi connectivity index (χ0v) is 11.8. The molecule has 5 heteroatoms. The third-order valence-corrected chi connectivity index (χ3v) is 3.33. The lowest BCUT2D eigenvalue weighted by atomic mass is 9.97. The molecule has 0 spiro atoms. The summed E-state index contributed by atoms with van der Waals surface area (Å²) in [5.41, 5.74) is 0. The number of piperidine rings is 1. The van der Waals surface area contributed by atoms with Crippen molar-refractivity contribution < 1.29 is 4.79 Å². The largest absolute Gasteiger partial charge is 0.355 e. The lowest BCUT2D eigenvalue weighted by Gasteiger charge is -2.23. The molecule has 0 saturated carbocycles. The fourth-order valence-corrected chi connectivity index (χ4v) is 2.11. The molecule has 1 amide bonds. The Hall–Kier alpha value is -0.320. The molecule has 1 fully saturated rings. The highest BCUT2D eigenvalue weighted by Gasteiger charge is 2.20. The lowest BCUT2D eigenvalue weighted by Crippen LogP contribution is -2.41. The number of hydrogen-bond donors (Lipinski definition) is 2. The minimum atomic E-state index is 0. The average Bonchev–Trinajstić information content (AvgIpc) is 2.35. The number of amides is 1. The van der Waals surface area contributed by atoms with Gasteiger partial charge in [-0.25, -0.2) is 0 Å². The van der Waals surface area contributed by atoms with Crippen LogP contribution in [-0.4, -0.2) is 50.1 Å². The molecule has 1 saturated heterocycles. The number of rotatable bonds is 6. The van der Waals surface area contributed by atoms with Gasteiger partial charge in [0.1, 0.15) is 0 Å². The van der Waals surface area contributed by atoms with Crippen molar-refractivity contribution in [3.8, 4) is 0 Å². The Morgan fingerprint density at radius 2 is 1.88 bits per heavy atom. The summed E-state index contributed by atoms with van der Waals surface area (Å²) in [6, 6.07) is 0. The first-order valence-electron chi connectivity index (χ1n) is 6.48. The first-order valence-corrected chi connectivity index (χ1v) is 6.48. The number of halogens is 1. The summed E-state index contributed by atoms with van der Waals surface area (Å²) in [6.45, 7) is 10.1. The highest BCUT2D eigenvalue weighted by molar-refractivity contribution is 5.85. The summed E-state index contributed by atoms with van der Waals surface area (Å²) in [6.07, 6.45) is 1.97. The molecule has 102 valence electrons. The quantitative estimate of drug-likeness (QED) is 0.747. The van der Waals surface area contributed by atoms with Crippen LogP contribution in [0.3, 0.4) is 0 Å². The van der Waals surface area contributed by atoms with Crippen molar-refractivity contribution in [1.82, 2.24) is 15.5 Å². The Bertz CT molecular complexity index is 204. The van der Waals surface area contributed by atoms with Gasteiger partial charge in [0.05, 0.1) is 0 Å². The number of nitrogens with one attached hydrogen (secondary N) is 2. The second kappa shape index (κ2) is 9.68. The van der Waals surface area contributed by atoms with E-state index in [9.17, 15) is 4.79 Å². The van der Waals surface area contributed by atoms with Gasteiger partial charge >= 0.3 is 0 Å². The van der Waals surface area contributed by atoms with Crippen molar-refractivity contribution in [2.24, 2.45) is 5.92 Å². The van der Waals surface area contributed by atoms with E-state index in [-0.39, 0.29) is 24.2 Å². The first kappa shape index (κ1) is 16.7. The van der Waals surface area contributed by atoms with Crippen LogP contribution in [0.25, 0.3) is 0 Å². The third kappa shape index (κ3) is 6.24. The number of hydrogen-bond acceptors (Lipinski definition) is 3. The highest BCUT2D eigenvalue weighted by atomic mass is 35.5. The zero-order chi connectivity index (χ0) is 11.8. The predicted molar refractivity (Wildman–Crippen MR) is 73.6 cm³/mol. The Balaban J connectivity index is 0.00000256. The Labute approximate surface area is 111 Å². The highest BCUT2D eigenvalue weighted by Crippen LogP contribution is 2.10. The predicted octanol–water partition coefficient (Wildman–Crippen LogP) is 0.866. The van der Waals surface area contributed by atoms with Crippen molar-refractivity contribution in [1.29, 1.82) is 0 Å². The summed E-state index contributed by atoms with van der Waals surface area (Å²) in [5, 5.41) is 6.32. The van der Waals surface area contributed by atoms with Crippen LogP contribution in [0.2, 0.25) is 0 Å². The van der Waals surface area contributed by atoms with Gasteiger partial charge in [0.2, 0.25) is 5.91 Å². The number of likely N-dealkylation sites (N-methyl/N-ethyl adjacent to an activating group) is 1. The Morgan fingerprint density at radius 3 is 2.41 bits per heavy atom. The second-order valence-electron chi connectivity index (χ2n) is 4.34. The number of carbonyl (C=O) groups is 1. The molecule has 1 aliphatic rings. The molecule has 2 N–H and O–H groups in total. The van der Waals surface area contributed by atoms with E-state index in [4.69, 9.17) is 0 Å². The van der Waals surface area contributed by atoms with Crippen molar-refractivity contribution in [2.45, 2.75) is 26.7 Å². The van der Waals surface area contributed by atoms with E-state index in [2.05, 4.69) is 29.4 Å². The van der Waals surface area contributed by atoms with Crippen LogP contribution in [0.5, 0.6) is 0 Å². The standard InChI is InChI=1S/C12H25N3O.ClH/c1-3-15(4-2)10-9-14-12(16)11-5-7-13-8-6-11;/h11,13H,3-10H2,1-2H3,(H,14,16);1H. The smallest absolute Gasteiger partial charge is 0.223 e. The summed E-state index contributed by atoms with van der Waals surface area (Å²) in [7, 11) is 0. The van der Waals surface area contributed by atoms with E-state index in [1.54, 1.807) is 0 Å². The van der Waals surface area contributed by atoms with Crippen LogP contribution < -0.4 is 10.6 Å². The van der Waals surface area contributed by atoms with E-state index in [0.29, 0.717) is 0 Å². The maximum Gasteiger partial charge on any atom is 0.223 e. The van der Waals surface area contributed by atoms with Crippen molar-refractivity contribution >= 4 is 18.3 Å². The Kier molecular flexibility index (Phi) is 9.50. The normalized spacial score (nSPS) is 16.6. The first-order chi connectivity index (χ1) is 7.77. The van der Waals surface area contributed by atoms with E-state index >= 15 is 0 Å². The molecule has 0 unspecified atom stereocenters. The van der Waals surface area contributed by atoms with Crippen LogP contribution in [0.4, 0.5) is 0 Å². The Morgan fingerprint density at radius 1 is 1.29 bits per heavy atom. The summed E-state index contributed by atoms with van der Waals surface area (Å²) < 4.78 is 0. The fourth-order valence-electron chi connectivity index (χ4n) is 2.11. The molecule has 0 bridgehead atoms. The van der Waals surface area contributed by atoms with Crippen LogP contribution in [0.15, 0.2) is 0 Å². The second-order valence-corrected chi connectivity index (χ2v) is 4.34. The molecule has 0 atom stereocenters. The van der Waals surface area contributed by atoms with Gasteiger partial charge in [-0.15, -0.1) is 12.4 Å². The van der Waals surface area contributed by atoms with Gasteiger partial charge in [0, 0.05) is 19.0 Å². The van der Waals surface area contributed by atoms with E-state index in [0.717, 1.165) is 52.1 Å². The molecule has 1 aliphatic heterocycles. The van der Waals surface area contributed by atoms with Gasteiger partial charge < -0.3 is 15.5 Å². The molecule has 1 heterocycles. The lowest BCUT2D eigenvalue weighted by molar-refractivity contribution is -0.125. The molecule has 17 heavy (non-hydrogen) atoms. The fraction of sp³-hybridized carbons (Fsp3) is 0.917. The van der Waals surface area contributed by atoms with Crippen LogP contribution in [-0.2, 0) is 4.79 Å². The topological polar surface area (TPSA) is 44.4 Å². The molecule has 4 nitrogen and oxygen atoms in total. The summed E-state index contributed by atoms with van der Waals surface area (Å²) >= 11 is 0. The monoisotopic (exact) mass is 263 g/mol. The van der Waals surface area contributed by atoms with Crippen LogP contribution in [0.1, 0.15) is 26.7 Å². The molecule has 1 rings (SSSR count). The van der Waals surface area contributed by atoms with Crippen molar-refractivity contribution in [3.05, 3.63) is 0 Å². The van der Waals surface area contributed by atoms with E-state index in [1.165, 1.54) is 0 Å². The molecule has 0 aromatic carbocycles. The minimum Gasteiger partial charge on any atom is -0.355 e. The molecular weight excluding hydrogens is 238 g/mol. The SMILES string of the molecule is CCN(CC)CCNC(=O)C1CCNCC1.Cl. The molecule has 0 aliphatic carbocycles. The average molecular weight is 264 g/mol. The van der Waals surface area contributed by atoms with Crippen molar-refractivity contribution in [2.75, 3.05) is 39.3 Å². The molecule has 0 radical (unpaired) electrons. The summed E-state index contributed by atoms with van der Waals surface area (Å²) in [4.78, 5) is 14.1. The van der Waals surface area contributed by atoms with Crippen LogP contribution in [0, 0.1) is 5.92 Å². The third-order valence-electron chi connectivity index (χ3n) is 3.33. The van der Waals surface area contributed by atoms with Gasteiger partial charge in [-0.1, -0.05) is 13.8 Å². The molecule has 0 aromatic rings. The maximum atomic E-state index is 11.8. The van der Waals surface area contributed by atoms with Crippen molar-refractivity contribution in [3.63, 3.8) is 0 Å². The molecule has 0 aromatic heterocycles. The van der Waals surface area contributed by atoms with Gasteiger partial charge in [-0.05, 0) is 39.0 Å². The van der Waals surface area contributed by atoms with E-state index in [1.807, 2.05) is 0 Å². The minimum absolute atomic E-state index is 0. The molecular formula is C12H26ClN3O. The van der Waals surface area contributed by atoms with Gasteiger partial charge in [0.25, 0.3) is 0 Å². The van der Waals surface area contributed by atoms with Gasteiger partial charge in [0.15, 0.2) is 0 Å². The van der Waals surface area contributed by atoms with Gasteiger partial charge in [-0.3, -0.25) is 4.79 Å². The van der Waals surface area contributed by atoms with Crippen LogP contribution >= 0.6 is 12.4 Å². The maximum absolute atomic E-state index is 11.8. The van der Waals surface area contributed by atoms with E-state index < -0.39 is 0 Å². The number of nitrogens with zero attached hydrogens (tertiary/aromatic N) is 1. The zero-order valence-electron chi connectivity index (χ0n) is 11.0. The number of carbonyl (C=O) groups excluding carboxylic acids is 1. The summed E-state index contributed by atoms with van der Waals surface area (Å²) in [5.74, 6) is 0.478.